The lowest BCUT2D eigenvalue weighted by Gasteiger charge is -2.12. The molecule has 102 valence electrons. The maximum absolute atomic E-state index is 12.8. The standard InChI is InChI=1S/C13H13F3N2S/c1-9-6-18-12(19-9)8-17-7-10-4-2-3-5-11(10)13(14,15)16/h2-6,17H,7-8H2,1H3. The van der Waals surface area contributed by atoms with E-state index in [4.69, 9.17) is 0 Å². The zero-order valence-corrected chi connectivity index (χ0v) is 11.1. The molecular formula is C13H13F3N2S. The number of thiazole rings is 1. The van der Waals surface area contributed by atoms with Gasteiger partial charge >= 0.3 is 6.18 Å². The van der Waals surface area contributed by atoms with Gasteiger partial charge in [-0.15, -0.1) is 11.3 Å². The summed E-state index contributed by atoms with van der Waals surface area (Å²) < 4.78 is 38.3. The van der Waals surface area contributed by atoms with Gasteiger partial charge in [0, 0.05) is 24.2 Å². The maximum atomic E-state index is 12.8. The molecule has 0 fully saturated rings. The molecule has 0 amide bonds. The summed E-state index contributed by atoms with van der Waals surface area (Å²) in [4.78, 5) is 5.24. The van der Waals surface area contributed by atoms with E-state index in [0.717, 1.165) is 16.0 Å². The fourth-order valence-corrected chi connectivity index (χ4v) is 2.49. The Morgan fingerprint density at radius 2 is 1.95 bits per heavy atom. The first-order valence-corrected chi connectivity index (χ1v) is 6.55. The van der Waals surface area contributed by atoms with Crippen molar-refractivity contribution < 1.29 is 13.2 Å². The Labute approximate surface area is 113 Å². The van der Waals surface area contributed by atoms with Crippen LogP contribution in [0, 0.1) is 6.92 Å². The molecule has 1 aromatic carbocycles. The molecule has 0 aliphatic heterocycles. The summed E-state index contributed by atoms with van der Waals surface area (Å²) >= 11 is 1.54. The van der Waals surface area contributed by atoms with E-state index >= 15 is 0 Å². The smallest absolute Gasteiger partial charge is 0.306 e. The summed E-state index contributed by atoms with van der Waals surface area (Å²) in [6, 6.07) is 5.60. The molecule has 1 N–H and O–H groups in total. The Morgan fingerprint density at radius 3 is 2.58 bits per heavy atom. The second-order valence-corrected chi connectivity index (χ2v) is 5.44. The van der Waals surface area contributed by atoms with Crippen LogP contribution in [0.4, 0.5) is 13.2 Å². The molecule has 19 heavy (non-hydrogen) atoms. The second kappa shape index (κ2) is 5.71. The Bertz CT molecular complexity index is 549. The average molecular weight is 286 g/mol. The molecule has 0 aliphatic rings. The van der Waals surface area contributed by atoms with Crippen LogP contribution in [0.2, 0.25) is 0 Å². The van der Waals surface area contributed by atoms with Crippen molar-refractivity contribution >= 4 is 11.3 Å². The van der Waals surface area contributed by atoms with E-state index < -0.39 is 11.7 Å². The monoisotopic (exact) mass is 286 g/mol. The van der Waals surface area contributed by atoms with Crippen molar-refractivity contribution in [3.8, 4) is 0 Å². The van der Waals surface area contributed by atoms with Crippen LogP contribution in [0.15, 0.2) is 30.5 Å². The van der Waals surface area contributed by atoms with Crippen LogP contribution in [-0.2, 0) is 19.3 Å². The molecule has 2 aromatic rings. The van der Waals surface area contributed by atoms with Crippen LogP contribution >= 0.6 is 11.3 Å². The lowest BCUT2D eigenvalue weighted by Crippen LogP contribution is -2.17. The highest BCUT2D eigenvalue weighted by atomic mass is 32.1. The minimum atomic E-state index is -4.31. The summed E-state index contributed by atoms with van der Waals surface area (Å²) in [7, 11) is 0. The molecule has 0 atom stereocenters. The number of aromatic nitrogens is 1. The normalized spacial score (nSPS) is 11.8. The first-order chi connectivity index (χ1) is 8.97. The molecule has 2 nitrogen and oxygen atoms in total. The number of aryl methyl sites for hydroxylation is 1. The van der Waals surface area contributed by atoms with E-state index in [2.05, 4.69) is 10.3 Å². The van der Waals surface area contributed by atoms with Crippen LogP contribution in [0.3, 0.4) is 0 Å². The van der Waals surface area contributed by atoms with Gasteiger partial charge in [0.05, 0.1) is 5.56 Å². The molecule has 2 rings (SSSR count). The van der Waals surface area contributed by atoms with Crippen molar-refractivity contribution in [2.45, 2.75) is 26.2 Å². The van der Waals surface area contributed by atoms with Gasteiger partial charge in [0.25, 0.3) is 0 Å². The number of halogens is 3. The molecule has 1 heterocycles. The highest BCUT2D eigenvalue weighted by molar-refractivity contribution is 7.11. The Kier molecular flexibility index (Phi) is 4.21. The van der Waals surface area contributed by atoms with Crippen molar-refractivity contribution in [2.75, 3.05) is 0 Å². The number of nitrogens with one attached hydrogen (secondary N) is 1. The molecular weight excluding hydrogens is 273 g/mol. The van der Waals surface area contributed by atoms with Gasteiger partial charge in [-0.25, -0.2) is 4.98 Å². The summed E-state index contributed by atoms with van der Waals surface area (Å²) in [6.45, 7) is 2.60. The lowest BCUT2D eigenvalue weighted by molar-refractivity contribution is -0.138. The predicted octanol–water partition coefficient (Wildman–Crippen LogP) is 3.76. The van der Waals surface area contributed by atoms with Crippen LogP contribution in [-0.4, -0.2) is 4.98 Å². The summed E-state index contributed by atoms with van der Waals surface area (Å²) in [5.41, 5.74) is -0.332. The van der Waals surface area contributed by atoms with Crippen molar-refractivity contribution in [2.24, 2.45) is 0 Å². The van der Waals surface area contributed by atoms with Gasteiger partial charge in [0.2, 0.25) is 0 Å². The SMILES string of the molecule is Cc1cnc(CNCc2ccccc2C(F)(F)F)s1. The van der Waals surface area contributed by atoms with Crippen molar-refractivity contribution in [1.82, 2.24) is 10.3 Å². The van der Waals surface area contributed by atoms with Gasteiger partial charge in [-0.05, 0) is 18.6 Å². The van der Waals surface area contributed by atoms with Gasteiger partial charge in [0.1, 0.15) is 5.01 Å². The van der Waals surface area contributed by atoms with E-state index in [1.807, 2.05) is 6.92 Å². The highest BCUT2D eigenvalue weighted by Gasteiger charge is 2.32. The Hall–Kier alpha value is -1.40. The number of hydrogen-bond donors (Lipinski definition) is 1. The maximum Gasteiger partial charge on any atom is 0.416 e. The molecule has 6 heteroatoms. The van der Waals surface area contributed by atoms with Gasteiger partial charge in [-0.3, -0.25) is 0 Å². The van der Waals surface area contributed by atoms with Gasteiger partial charge in [-0.2, -0.15) is 13.2 Å². The predicted molar refractivity (Wildman–Crippen MR) is 68.8 cm³/mol. The van der Waals surface area contributed by atoms with Gasteiger partial charge < -0.3 is 5.32 Å². The van der Waals surface area contributed by atoms with Crippen LogP contribution < -0.4 is 5.32 Å². The Balaban J connectivity index is 2.00. The quantitative estimate of drug-likeness (QED) is 0.925. The number of hydrogen-bond acceptors (Lipinski definition) is 3. The molecule has 0 spiro atoms. The Morgan fingerprint density at radius 1 is 1.21 bits per heavy atom. The fraction of sp³-hybridized carbons (Fsp3) is 0.308. The molecule has 0 aliphatic carbocycles. The largest absolute Gasteiger partial charge is 0.416 e. The lowest BCUT2D eigenvalue weighted by atomic mass is 10.1. The van der Waals surface area contributed by atoms with Crippen LogP contribution in [0.5, 0.6) is 0 Å². The molecule has 0 radical (unpaired) electrons. The van der Waals surface area contributed by atoms with E-state index in [1.54, 1.807) is 12.3 Å². The summed E-state index contributed by atoms with van der Waals surface area (Å²) in [5, 5.41) is 3.87. The zero-order chi connectivity index (χ0) is 13.9. The van der Waals surface area contributed by atoms with Gasteiger partial charge in [0.15, 0.2) is 0 Å². The first-order valence-electron chi connectivity index (χ1n) is 5.74. The van der Waals surface area contributed by atoms with E-state index in [1.165, 1.54) is 23.5 Å². The number of alkyl halides is 3. The fourth-order valence-electron chi connectivity index (χ4n) is 1.74. The summed E-state index contributed by atoms with van der Waals surface area (Å²) in [6.07, 6.45) is -2.55. The third kappa shape index (κ3) is 3.78. The second-order valence-electron chi connectivity index (χ2n) is 4.12. The van der Waals surface area contributed by atoms with Crippen LogP contribution in [0.1, 0.15) is 21.0 Å². The topological polar surface area (TPSA) is 24.9 Å². The van der Waals surface area contributed by atoms with Crippen LogP contribution in [0.25, 0.3) is 0 Å². The van der Waals surface area contributed by atoms with Crippen molar-refractivity contribution in [1.29, 1.82) is 0 Å². The highest BCUT2D eigenvalue weighted by Crippen LogP contribution is 2.31. The van der Waals surface area contributed by atoms with Crippen molar-refractivity contribution in [3.05, 3.63) is 51.5 Å². The molecule has 0 saturated carbocycles. The minimum Gasteiger partial charge on any atom is -0.306 e. The number of nitrogens with zero attached hydrogens (tertiary/aromatic N) is 1. The first kappa shape index (κ1) is 14.0. The molecule has 0 bridgehead atoms. The molecule has 0 saturated heterocycles. The number of rotatable bonds is 4. The van der Waals surface area contributed by atoms with Crippen molar-refractivity contribution in [3.63, 3.8) is 0 Å². The minimum absolute atomic E-state index is 0.175. The number of benzene rings is 1. The third-order valence-corrected chi connectivity index (χ3v) is 3.50. The molecule has 0 unspecified atom stereocenters. The van der Waals surface area contributed by atoms with E-state index in [9.17, 15) is 13.2 Å². The third-order valence-electron chi connectivity index (χ3n) is 2.58. The van der Waals surface area contributed by atoms with Gasteiger partial charge in [-0.1, -0.05) is 18.2 Å². The van der Waals surface area contributed by atoms with E-state index in [0.29, 0.717) is 6.54 Å². The molecule has 1 aromatic heterocycles. The zero-order valence-electron chi connectivity index (χ0n) is 10.3. The average Bonchev–Trinajstić information content (AvgIpc) is 2.74. The van der Waals surface area contributed by atoms with E-state index in [-0.39, 0.29) is 12.1 Å². The summed E-state index contributed by atoms with van der Waals surface area (Å²) in [5.74, 6) is 0.